The maximum Gasteiger partial charge on any atom is 0.333 e. The number of aromatic nitrogens is 2. The molecule has 4 rings (SSSR count). The predicted molar refractivity (Wildman–Crippen MR) is 159 cm³/mol. The summed E-state index contributed by atoms with van der Waals surface area (Å²) in [5.41, 5.74) is 1.34. The average molecular weight is 607 g/mol. The molecule has 0 atom stereocenters. The molecule has 210 valence electrons. The van der Waals surface area contributed by atoms with E-state index in [1.807, 2.05) is 29.3 Å². The molecule has 12 heteroatoms. The van der Waals surface area contributed by atoms with Crippen molar-refractivity contribution in [3.05, 3.63) is 48.3 Å². The standard InChI is InChI=1S/C27H34N4O4S4/c32-25(12-13-27(34)35-31-15-5-9-26(31)33)30(16-18-36-38-23-8-3-4-14-28-23)17-19-37-39-24-11-10-22(20-29-24)21-6-1-2-7-21/h3-4,8,10-11,14,20-21H,1-2,5-7,9,12-13,15-19H2. The average Bonchev–Trinajstić information content (AvgIpc) is 3.64. The van der Waals surface area contributed by atoms with E-state index >= 15 is 0 Å². The van der Waals surface area contributed by atoms with Crippen LogP contribution < -0.4 is 0 Å². The molecule has 0 unspecified atom stereocenters. The number of carbonyl (C=O) groups excluding carboxylic acids is 3. The zero-order valence-corrected chi connectivity index (χ0v) is 25.1. The third kappa shape index (κ3) is 10.2. The van der Waals surface area contributed by atoms with Crippen LogP contribution in [0.25, 0.3) is 0 Å². The van der Waals surface area contributed by atoms with E-state index in [0.717, 1.165) is 26.6 Å². The Kier molecular flexibility index (Phi) is 12.6. The molecule has 1 aliphatic heterocycles. The fourth-order valence-electron chi connectivity index (χ4n) is 4.45. The first kappa shape index (κ1) is 30.1. The summed E-state index contributed by atoms with van der Waals surface area (Å²) in [5.74, 6) is 1.32. The summed E-state index contributed by atoms with van der Waals surface area (Å²) in [5, 5.41) is 3.01. The molecular formula is C27H34N4O4S4. The largest absolute Gasteiger partial charge is 0.341 e. The molecule has 0 spiro atoms. The number of carbonyl (C=O) groups is 3. The highest BCUT2D eigenvalue weighted by Gasteiger charge is 2.25. The van der Waals surface area contributed by atoms with Gasteiger partial charge >= 0.3 is 5.97 Å². The first-order valence-corrected chi connectivity index (χ1v) is 18.0. The van der Waals surface area contributed by atoms with Gasteiger partial charge < -0.3 is 9.74 Å². The summed E-state index contributed by atoms with van der Waals surface area (Å²) in [6.45, 7) is 1.57. The SMILES string of the molecule is O=C(CCC(=O)N(CCSSc1ccccn1)CCSSc1ccc(C2CCCC2)cn1)ON1CCCC1=O. The van der Waals surface area contributed by atoms with Gasteiger partial charge in [0.05, 0.1) is 13.0 Å². The van der Waals surface area contributed by atoms with Crippen LogP contribution in [-0.2, 0) is 19.2 Å². The normalized spacial score (nSPS) is 15.6. The number of hydroxylamine groups is 2. The van der Waals surface area contributed by atoms with E-state index in [1.165, 1.54) is 31.2 Å². The molecular weight excluding hydrogens is 573 g/mol. The Morgan fingerprint density at radius 3 is 2.31 bits per heavy atom. The van der Waals surface area contributed by atoms with Gasteiger partial charge in [-0.15, -0.1) is 0 Å². The fraction of sp³-hybridized carbons (Fsp3) is 0.519. The van der Waals surface area contributed by atoms with Crippen molar-refractivity contribution in [3.8, 4) is 0 Å². The van der Waals surface area contributed by atoms with Crippen LogP contribution in [0.2, 0.25) is 0 Å². The van der Waals surface area contributed by atoms with Gasteiger partial charge in [-0.05, 0) is 70.5 Å². The molecule has 39 heavy (non-hydrogen) atoms. The van der Waals surface area contributed by atoms with E-state index in [9.17, 15) is 14.4 Å². The molecule has 1 saturated carbocycles. The lowest BCUT2D eigenvalue weighted by Gasteiger charge is -2.22. The second-order valence-corrected chi connectivity index (χ2v) is 14.2. The number of pyridine rings is 2. The van der Waals surface area contributed by atoms with Crippen LogP contribution in [0.1, 0.15) is 62.8 Å². The van der Waals surface area contributed by atoms with Crippen molar-refractivity contribution < 1.29 is 19.2 Å². The Morgan fingerprint density at radius 2 is 1.69 bits per heavy atom. The first-order valence-electron chi connectivity index (χ1n) is 13.3. The number of nitrogens with zero attached hydrogens (tertiary/aromatic N) is 4. The minimum Gasteiger partial charge on any atom is -0.341 e. The van der Waals surface area contributed by atoms with E-state index in [-0.39, 0.29) is 24.7 Å². The van der Waals surface area contributed by atoms with Crippen molar-refractivity contribution in [2.75, 3.05) is 31.1 Å². The molecule has 2 aromatic heterocycles. The molecule has 0 N–H and O–H groups in total. The van der Waals surface area contributed by atoms with Crippen molar-refractivity contribution in [2.24, 2.45) is 0 Å². The quantitative estimate of drug-likeness (QED) is 0.177. The summed E-state index contributed by atoms with van der Waals surface area (Å²) >= 11 is 0. The van der Waals surface area contributed by atoms with Gasteiger partial charge in [-0.3, -0.25) is 9.59 Å². The number of rotatable bonds is 15. The van der Waals surface area contributed by atoms with E-state index in [1.54, 1.807) is 49.4 Å². The first-order chi connectivity index (χ1) is 19.1. The van der Waals surface area contributed by atoms with E-state index in [4.69, 9.17) is 4.84 Å². The van der Waals surface area contributed by atoms with Crippen molar-refractivity contribution in [1.82, 2.24) is 19.9 Å². The summed E-state index contributed by atoms with van der Waals surface area (Å²) in [6.07, 6.45) is 10.0. The number of hydrogen-bond acceptors (Lipinski definition) is 10. The van der Waals surface area contributed by atoms with Crippen LogP contribution in [0.5, 0.6) is 0 Å². The monoisotopic (exact) mass is 606 g/mol. The number of hydrogen-bond donors (Lipinski definition) is 0. The molecule has 3 heterocycles. The molecule has 1 aliphatic carbocycles. The maximum absolute atomic E-state index is 13.0. The molecule has 2 aromatic rings. The van der Waals surface area contributed by atoms with Crippen molar-refractivity contribution in [3.63, 3.8) is 0 Å². The van der Waals surface area contributed by atoms with Gasteiger partial charge in [0.2, 0.25) is 5.91 Å². The van der Waals surface area contributed by atoms with E-state index in [2.05, 4.69) is 22.1 Å². The lowest BCUT2D eigenvalue weighted by Crippen LogP contribution is -2.35. The zero-order chi connectivity index (χ0) is 27.3. The van der Waals surface area contributed by atoms with Gasteiger partial charge in [-0.1, -0.05) is 46.6 Å². The fourth-order valence-corrected chi connectivity index (χ4v) is 8.17. The van der Waals surface area contributed by atoms with Gasteiger partial charge in [0.25, 0.3) is 5.91 Å². The highest BCUT2D eigenvalue weighted by atomic mass is 33.1. The lowest BCUT2D eigenvalue weighted by atomic mass is 10.00. The lowest BCUT2D eigenvalue weighted by molar-refractivity contribution is -0.193. The second-order valence-electron chi connectivity index (χ2n) is 9.33. The second kappa shape index (κ2) is 16.4. The molecule has 2 amide bonds. The smallest absolute Gasteiger partial charge is 0.333 e. The maximum atomic E-state index is 13.0. The molecule has 0 bridgehead atoms. The summed E-state index contributed by atoms with van der Waals surface area (Å²) in [6, 6.07) is 10.1. The van der Waals surface area contributed by atoms with Gasteiger partial charge in [0.15, 0.2) is 0 Å². The topological polar surface area (TPSA) is 92.7 Å². The third-order valence-electron chi connectivity index (χ3n) is 6.54. The van der Waals surface area contributed by atoms with Crippen LogP contribution in [0.15, 0.2) is 52.8 Å². The Labute approximate surface area is 245 Å². The van der Waals surface area contributed by atoms with Crippen molar-refractivity contribution in [1.29, 1.82) is 0 Å². The summed E-state index contributed by atoms with van der Waals surface area (Å²) in [7, 11) is 6.53. The predicted octanol–water partition coefficient (Wildman–Crippen LogP) is 6.00. The Morgan fingerprint density at radius 1 is 0.949 bits per heavy atom. The summed E-state index contributed by atoms with van der Waals surface area (Å²) < 4.78 is 0. The van der Waals surface area contributed by atoms with Crippen LogP contribution >= 0.6 is 43.2 Å². The third-order valence-corrected chi connectivity index (χ3v) is 11.0. The molecule has 0 radical (unpaired) electrons. The van der Waals surface area contributed by atoms with Gasteiger partial charge in [0.1, 0.15) is 10.1 Å². The van der Waals surface area contributed by atoms with Crippen LogP contribution in [0.4, 0.5) is 0 Å². The molecule has 8 nitrogen and oxygen atoms in total. The van der Waals surface area contributed by atoms with Gasteiger partial charge in [-0.2, -0.15) is 5.06 Å². The highest BCUT2D eigenvalue weighted by Crippen LogP contribution is 2.35. The Balaban J connectivity index is 1.21. The summed E-state index contributed by atoms with van der Waals surface area (Å²) in [4.78, 5) is 52.8. The minimum atomic E-state index is -0.546. The number of amides is 2. The minimum absolute atomic E-state index is 0.0475. The molecule has 2 fully saturated rings. The van der Waals surface area contributed by atoms with Crippen LogP contribution in [-0.4, -0.2) is 68.9 Å². The van der Waals surface area contributed by atoms with Crippen LogP contribution in [0.3, 0.4) is 0 Å². The van der Waals surface area contributed by atoms with Gasteiger partial charge in [0, 0.05) is 49.8 Å². The highest BCUT2D eigenvalue weighted by molar-refractivity contribution is 8.77. The molecule has 2 aliphatic rings. The van der Waals surface area contributed by atoms with Crippen molar-refractivity contribution >= 4 is 61.0 Å². The van der Waals surface area contributed by atoms with E-state index < -0.39 is 5.97 Å². The van der Waals surface area contributed by atoms with Gasteiger partial charge in [-0.25, -0.2) is 14.8 Å². The van der Waals surface area contributed by atoms with E-state index in [0.29, 0.717) is 38.4 Å². The van der Waals surface area contributed by atoms with Crippen LogP contribution in [0, 0.1) is 0 Å². The van der Waals surface area contributed by atoms with Crippen molar-refractivity contribution in [2.45, 2.75) is 67.3 Å². The Bertz CT molecular complexity index is 1070. The Hall–Kier alpha value is -1.89. The molecule has 0 aromatic carbocycles. The zero-order valence-electron chi connectivity index (χ0n) is 21.9. The molecule has 1 saturated heterocycles.